The van der Waals surface area contributed by atoms with Crippen LogP contribution in [0.15, 0.2) is 6.33 Å². The molecule has 4 nitrogen and oxygen atoms in total. The lowest BCUT2D eigenvalue weighted by Crippen LogP contribution is -2.42. The Morgan fingerprint density at radius 2 is 1.84 bits per heavy atom. The lowest BCUT2D eigenvalue weighted by molar-refractivity contribution is -0.290. The van der Waals surface area contributed by atoms with Gasteiger partial charge in [-0.25, -0.2) is 9.97 Å². The van der Waals surface area contributed by atoms with E-state index in [1.165, 1.54) is 0 Å². The number of hydrogen-bond donors (Lipinski definition) is 1. The fourth-order valence-electron chi connectivity index (χ4n) is 1.26. The Morgan fingerprint density at radius 1 is 1.21 bits per heavy atom. The van der Waals surface area contributed by atoms with Crippen LogP contribution in [-0.4, -0.2) is 28.7 Å². The molecule has 0 unspecified atom stereocenters. The van der Waals surface area contributed by atoms with Crippen LogP contribution in [0.3, 0.4) is 0 Å². The molecule has 0 atom stereocenters. The van der Waals surface area contributed by atoms with Gasteiger partial charge in [-0.1, -0.05) is 13.3 Å². The number of halogens is 5. The van der Waals surface area contributed by atoms with Crippen molar-refractivity contribution in [3.8, 4) is 5.88 Å². The molecule has 9 heteroatoms. The Bertz CT molecular complexity index is 436. The molecule has 1 rings (SSSR count). The molecule has 0 aliphatic heterocycles. The van der Waals surface area contributed by atoms with Crippen LogP contribution in [0.2, 0.25) is 0 Å². The van der Waals surface area contributed by atoms with Crippen molar-refractivity contribution in [2.75, 3.05) is 12.3 Å². The van der Waals surface area contributed by atoms with Gasteiger partial charge in [0.15, 0.2) is 6.61 Å². The van der Waals surface area contributed by atoms with Gasteiger partial charge in [0.1, 0.15) is 12.1 Å². The smallest absolute Gasteiger partial charge is 0.456 e. The fourth-order valence-corrected chi connectivity index (χ4v) is 1.26. The van der Waals surface area contributed by atoms with Gasteiger partial charge < -0.3 is 10.5 Å². The Kier molecular flexibility index (Phi) is 4.48. The van der Waals surface area contributed by atoms with E-state index in [4.69, 9.17) is 5.73 Å². The number of nitrogen functional groups attached to an aromatic ring is 1. The number of aromatic nitrogens is 2. The second kappa shape index (κ2) is 5.54. The van der Waals surface area contributed by atoms with Gasteiger partial charge in [-0.05, 0) is 6.42 Å². The highest BCUT2D eigenvalue weighted by atomic mass is 19.4. The van der Waals surface area contributed by atoms with E-state index in [-0.39, 0.29) is 17.3 Å². The summed E-state index contributed by atoms with van der Waals surface area (Å²) >= 11 is 0. The van der Waals surface area contributed by atoms with Crippen molar-refractivity contribution in [3.05, 3.63) is 11.9 Å². The van der Waals surface area contributed by atoms with Crippen LogP contribution in [-0.2, 0) is 6.42 Å². The minimum absolute atomic E-state index is 0.00201. The second-order valence-electron chi connectivity index (χ2n) is 3.78. The van der Waals surface area contributed by atoms with Gasteiger partial charge in [0.2, 0.25) is 5.88 Å². The predicted molar refractivity (Wildman–Crippen MR) is 56.9 cm³/mol. The van der Waals surface area contributed by atoms with Crippen molar-refractivity contribution in [2.45, 2.75) is 31.9 Å². The Morgan fingerprint density at radius 3 is 2.37 bits per heavy atom. The number of nitrogens with zero attached hydrogens (tertiary/aromatic N) is 2. The van der Waals surface area contributed by atoms with Crippen LogP contribution >= 0.6 is 0 Å². The van der Waals surface area contributed by atoms with Crippen LogP contribution in [0.1, 0.15) is 18.9 Å². The number of rotatable bonds is 5. The summed E-state index contributed by atoms with van der Waals surface area (Å²) in [7, 11) is 0. The average Bonchev–Trinajstić information content (AvgIpc) is 2.28. The molecule has 0 fully saturated rings. The first-order valence-electron chi connectivity index (χ1n) is 5.35. The highest BCUT2D eigenvalue weighted by Crippen LogP contribution is 2.36. The van der Waals surface area contributed by atoms with E-state index in [1.807, 2.05) is 0 Å². The second-order valence-corrected chi connectivity index (χ2v) is 3.78. The Balaban J connectivity index is 2.86. The van der Waals surface area contributed by atoms with Gasteiger partial charge in [0, 0.05) is 0 Å². The molecule has 19 heavy (non-hydrogen) atoms. The molecule has 0 spiro atoms. The molecule has 1 heterocycles. The molecule has 1 aromatic rings. The van der Waals surface area contributed by atoms with Gasteiger partial charge >= 0.3 is 12.1 Å². The van der Waals surface area contributed by atoms with Gasteiger partial charge in [-0.2, -0.15) is 22.0 Å². The lowest BCUT2D eigenvalue weighted by atomic mass is 10.2. The summed E-state index contributed by atoms with van der Waals surface area (Å²) in [6.07, 6.45) is -3.82. The van der Waals surface area contributed by atoms with Crippen molar-refractivity contribution in [1.82, 2.24) is 9.97 Å². The molecule has 0 saturated carbocycles. The topological polar surface area (TPSA) is 61.0 Å². The summed E-state index contributed by atoms with van der Waals surface area (Å²) in [6.45, 7) is -0.0653. The average molecular weight is 285 g/mol. The summed E-state index contributed by atoms with van der Waals surface area (Å²) in [5.74, 6) is -5.30. The highest BCUT2D eigenvalue weighted by Gasteiger charge is 2.58. The first kappa shape index (κ1) is 15.4. The van der Waals surface area contributed by atoms with Crippen LogP contribution < -0.4 is 10.5 Å². The number of alkyl halides is 5. The van der Waals surface area contributed by atoms with Crippen LogP contribution in [0, 0.1) is 0 Å². The molecular weight excluding hydrogens is 273 g/mol. The highest BCUT2D eigenvalue weighted by molar-refractivity contribution is 5.44. The van der Waals surface area contributed by atoms with Gasteiger partial charge in [-0.15, -0.1) is 0 Å². The van der Waals surface area contributed by atoms with E-state index in [0.717, 1.165) is 6.33 Å². The number of hydrogen-bond acceptors (Lipinski definition) is 4. The van der Waals surface area contributed by atoms with Crippen LogP contribution in [0.5, 0.6) is 5.88 Å². The van der Waals surface area contributed by atoms with Crippen LogP contribution in [0.25, 0.3) is 0 Å². The van der Waals surface area contributed by atoms with E-state index in [2.05, 4.69) is 14.7 Å². The van der Waals surface area contributed by atoms with Crippen LogP contribution in [0.4, 0.5) is 27.8 Å². The first-order valence-corrected chi connectivity index (χ1v) is 5.35. The number of ether oxygens (including phenoxy) is 1. The summed E-state index contributed by atoms with van der Waals surface area (Å²) < 4.78 is 65.8. The summed E-state index contributed by atoms with van der Waals surface area (Å²) in [5, 5.41) is 0. The third kappa shape index (κ3) is 3.65. The van der Waals surface area contributed by atoms with E-state index in [1.54, 1.807) is 6.92 Å². The summed E-state index contributed by atoms with van der Waals surface area (Å²) in [6, 6.07) is 0. The zero-order chi connectivity index (χ0) is 14.7. The molecular formula is C10H12F5N3O. The minimum Gasteiger partial charge on any atom is -0.471 e. The molecule has 0 saturated heterocycles. The molecule has 0 aliphatic carbocycles. The molecule has 0 bridgehead atoms. The van der Waals surface area contributed by atoms with Crippen molar-refractivity contribution < 1.29 is 26.7 Å². The van der Waals surface area contributed by atoms with Gasteiger partial charge in [-0.3, -0.25) is 0 Å². The quantitative estimate of drug-likeness (QED) is 0.845. The number of anilines is 1. The maximum absolute atomic E-state index is 12.7. The maximum Gasteiger partial charge on any atom is 0.456 e. The van der Waals surface area contributed by atoms with E-state index >= 15 is 0 Å². The largest absolute Gasteiger partial charge is 0.471 e. The van der Waals surface area contributed by atoms with E-state index in [9.17, 15) is 22.0 Å². The third-order valence-corrected chi connectivity index (χ3v) is 2.24. The summed E-state index contributed by atoms with van der Waals surface area (Å²) in [5.41, 5.74) is 5.72. The van der Waals surface area contributed by atoms with Crippen molar-refractivity contribution in [3.63, 3.8) is 0 Å². The minimum atomic E-state index is -5.67. The molecule has 1 aromatic heterocycles. The zero-order valence-corrected chi connectivity index (χ0v) is 9.97. The summed E-state index contributed by atoms with van der Waals surface area (Å²) in [4.78, 5) is 7.16. The molecule has 0 aromatic carbocycles. The predicted octanol–water partition coefficient (Wildman–Crippen LogP) is 2.59. The van der Waals surface area contributed by atoms with Crippen molar-refractivity contribution >= 4 is 5.82 Å². The maximum atomic E-state index is 12.7. The van der Waals surface area contributed by atoms with Crippen molar-refractivity contribution in [2.24, 2.45) is 0 Å². The van der Waals surface area contributed by atoms with E-state index < -0.39 is 18.7 Å². The molecule has 2 N–H and O–H groups in total. The monoisotopic (exact) mass is 285 g/mol. The molecule has 0 amide bonds. The Labute approximate surface area is 105 Å². The molecule has 108 valence electrons. The SMILES string of the molecule is CCCc1c(N)ncnc1OCC(F)(F)C(F)(F)F. The van der Waals surface area contributed by atoms with Gasteiger partial charge in [0.05, 0.1) is 5.56 Å². The molecule has 0 radical (unpaired) electrons. The standard InChI is InChI=1S/C10H12F5N3O/c1-2-3-6-7(16)17-5-18-8(6)19-4-9(11,12)10(13,14)15/h5H,2-4H2,1H3,(H2,16,17,18). The normalized spacial score (nSPS) is 12.5. The fraction of sp³-hybridized carbons (Fsp3) is 0.600. The lowest BCUT2D eigenvalue weighted by Gasteiger charge is -2.20. The van der Waals surface area contributed by atoms with Crippen molar-refractivity contribution in [1.29, 1.82) is 0 Å². The number of nitrogens with two attached hydrogens (primary N) is 1. The van der Waals surface area contributed by atoms with E-state index in [0.29, 0.717) is 12.8 Å². The van der Waals surface area contributed by atoms with Gasteiger partial charge in [0.25, 0.3) is 0 Å². The third-order valence-electron chi connectivity index (χ3n) is 2.24. The molecule has 0 aliphatic rings. The Hall–Kier alpha value is -1.67. The zero-order valence-electron chi connectivity index (χ0n) is 9.97. The first-order chi connectivity index (χ1) is 8.69.